The fourth-order valence-corrected chi connectivity index (χ4v) is 3.03. The third kappa shape index (κ3) is 10.5. The Bertz CT molecular complexity index is 597. The fraction of sp³-hybridized carbons (Fsp3) is 0.727. The van der Waals surface area contributed by atoms with Crippen molar-refractivity contribution in [2.45, 2.75) is 84.5 Å². The maximum Gasteiger partial charge on any atom is 0.407 e. The van der Waals surface area contributed by atoms with Crippen LogP contribution in [0.25, 0.3) is 0 Å². The molecule has 6 heteroatoms. The Labute approximate surface area is 170 Å². The molecule has 0 aromatic carbocycles. The Balaban J connectivity index is 2.66. The minimum Gasteiger partial charge on any atom is -0.444 e. The Hall–Kier alpha value is -1.84. The van der Waals surface area contributed by atoms with Gasteiger partial charge in [-0.1, -0.05) is 37.6 Å². The molecule has 158 valence electrons. The predicted molar refractivity (Wildman–Crippen MR) is 112 cm³/mol. The lowest BCUT2D eigenvalue weighted by Crippen LogP contribution is -2.49. The minimum atomic E-state index is -0.744. The van der Waals surface area contributed by atoms with E-state index in [1.807, 2.05) is 26.8 Å². The molecular formula is C22H37N3O3. The van der Waals surface area contributed by atoms with E-state index in [9.17, 15) is 9.90 Å². The molecule has 0 heterocycles. The zero-order valence-corrected chi connectivity index (χ0v) is 18.0. The van der Waals surface area contributed by atoms with Crippen molar-refractivity contribution in [1.82, 2.24) is 10.6 Å². The van der Waals surface area contributed by atoms with Gasteiger partial charge in [0.1, 0.15) is 5.60 Å². The van der Waals surface area contributed by atoms with Crippen molar-refractivity contribution in [3.05, 3.63) is 23.8 Å². The van der Waals surface area contributed by atoms with Crippen LogP contribution >= 0.6 is 0 Å². The standard InChI is InChI=1S/C22H37N3O3/c1-21(2,3)28-20(27)25-18(14-17-10-7-6-8-11-17)19(26)15-24-16-22(4,5)12-9-13-23/h6-7,10,18-19,24,26H,8-9,11-12,14-16H2,1-5H3,(H,25,27). The van der Waals surface area contributed by atoms with Gasteiger partial charge in [-0.25, -0.2) is 4.79 Å². The number of nitrogens with one attached hydrogen (secondary N) is 2. The molecule has 0 aliphatic heterocycles. The van der Waals surface area contributed by atoms with Crippen molar-refractivity contribution < 1.29 is 14.6 Å². The molecule has 1 rings (SSSR count). The quantitative estimate of drug-likeness (QED) is 0.526. The topological polar surface area (TPSA) is 94.4 Å². The van der Waals surface area contributed by atoms with E-state index in [2.05, 4.69) is 42.7 Å². The highest BCUT2D eigenvalue weighted by atomic mass is 16.6. The molecule has 1 amide bonds. The highest BCUT2D eigenvalue weighted by Gasteiger charge is 2.26. The zero-order valence-electron chi connectivity index (χ0n) is 18.0. The molecule has 2 atom stereocenters. The summed E-state index contributed by atoms with van der Waals surface area (Å²) in [4.78, 5) is 12.2. The van der Waals surface area contributed by atoms with Crippen LogP contribution in [0.5, 0.6) is 0 Å². The number of rotatable bonds is 10. The van der Waals surface area contributed by atoms with Gasteiger partial charge in [0, 0.05) is 19.5 Å². The number of amides is 1. The SMILES string of the molecule is CC(C)(CCC#N)CNCC(O)C(CC1=CC=CCC1)NC(=O)OC(C)(C)C. The first kappa shape index (κ1) is 24.2. The van der Waals surface area contributed by atoms with Gasteiger partial charge in [0.15, 0.2) is 0 Å². The lowest BCUT2D eigenvalue weighted by molar-refractivity contribution is 0.0419. The van der Waals surface area contributed by atoms with Crippen LogP contribution in [0, 0.1) is 16.7 Å². The molecule has 0 spiro atoms. The predicted octanol–water partition coefficient (Wildman–Crippen LogP) is 3.83. The summed E-state index contributed by atoms with van der Waals surface area (Å²) in [6.07, 6.45) is 8.74. The van der Waals surface area contributed by atoms with Gasteiger partial charge in [-0.3, -0.25) is 0 Å². The largest absolute Gasteiger partial charge is 0.444 e. The van der Waals surface area contributed by atoms with Crippen LogP contribution in [0.15, 0.2) is 23.8 Å². The van der Waals surface area contributed by atoms with Gasteiger partial charge >= 0.3 is 6.09 Å². The number of aliphatic hydroxyl groups is 1. The molecule has 28 heavy (non-hydrogen) atoms. The Morgan fingerprint density at radius 1 is 1.36 bits per heavy atom. The second-order valence-corrected chi connectivity index (χ2v) is 9.27. The van der Waals surface area contributed by atoms with E-state index in [1.54, 1.807) is 0 Å². The van der Waals surface area contributed by atoms with Crippen LogP contribution in [0.3, 0.4) is 0 Å². The molecule has 1 aliphatic rings. The molecule has 0 saturated carbocycles. The summed E-state index contributed by atoms with van der Waals surface area (Å²) in [6, 6.07) is 1.75. The number of carbonyl (C=O) groups excluding carboxylic acids is 1. The molecule has 6 nitrogen and oxygen atoms in total. The number of nitrogens with zero attached hydrogens (tertiary/aromatic N) is 1. The summed E-state index contributed by atoms with van der Waals surface area (Å²) in [6.45, 7) is 10.7. The lowest BCUT2D eigenvalue weighted by Gasteiger charge is -2.29. The van der Waals surface area contributed by atoms with Crippen LogP contribution in [0.4, 0.5) is 4.79 Å². The number of alkyl carbamates (subject to hydrolysis) is 1. The van der Waals surface area contributed by atoms with Gasteiger partial charge in [-0.15, -0.1) is 0 Å². The number of aliphatic hydroxyl groups excluding tert-OH is 1. The normalized spacial score (nSPS) is 16.7. The summed E-state index contributed by atoms with van der Waals surface area (Å²) in [5.41, 5.74) is 0.590. The first-order valence-electron chi connectivity index (χ1n) is 10.1. The lowest BCUT2D eigenvalue weighted by atomic mass is 9.88. The van der Waals surface area contributed by atoms with Crippen molar-refractivity contribution in [1.29, 1.82) is 5.26 Å². The highest BCUT2D eigenvalue weighted by Crippen LogP contribution is 2.21. The van der Waals surface area contributed by atoms with Crippen molar-refractivity contribution in [2.24, 2.45) is 5.41 Å². The van der Waals surface area contributed by atoms with E-state index in [1.165, 1.54) is 5.57 Å². The molecule has 0 fully saturated rings. The highest BCUT2D eigenvalue weighted by molar-refractivity contribution is 5.68. The summed E-state index contributed by atoms with van der Waals surface area (Å²) in [7, 11) is 0. The van der Waals surface area contributed by atoms with E-state index >= 15 is 0 Å². The third-order valence-electron chi connectivity index (χ3n) is 4.62. The average Bonchev–Trinajstić information content (AvgIpc) is 2.58. The number of carbonyl (C=O) groups is 1. The van der Waals surface area contributed by atoms with Crippen LogP contribution in [0.1, 0.15) is 66.7 Å². The second-order valence-electron chi connectivity index (χ2n) is 9.27. The minimum absolute atomic E-state index is 0.0275. The fourth-order valence-electron chi connectivity index (χ4n) is 3.03. The molecular weight excluding hydrogens is 354 g/mol. The van der Waals surface area contributed by atoms with Crippen molar-refractivity contribution in [2.75, 3.05) is 13.1 Å². The maximum absolute atomic E-state index is 12.2. The van der Waals surface area contributed by atoms with E-state index in [0.717, 1.165) is 19.3 Å². The zero-order chi connectivity index (χ0) is 21.2. The first-order chi connectivity index (χ1) is 13.0. The molecule has 0 saturated heterocycles. The summed E-state index contributed by atoms with van der Waals surface area (Å²) in [5, 5.41) is 25.6. The number of ether oxygens (including phenoxy) is 1. The third-order valence-corrected chi connectivity index (χ3v) is 4.62. The molecule has 0 aromatic heterocycles. The van der Waals surface area contributed by atoms with Gasteiger partial charge in [0.05, 0.1) is 18.2 Å². The number of hydrogen-bond donors (Lipinski definition) is 3. The van der Waals surface area contributed by atoms with E-state index < -0.39 is 23.8 Å². The molecule has 0 radical (unpaired) electrons. The molecule has 1 aliphatic carbocycles. The average molecular weight is 392 g/mol. The van der Waals surface area contributed by atoms with Gasteiger partial charge in [0.2, 0.25) is 0 Å². The van der Waals surface area contributed by atoms with Crippen LogP contribution in [-0.4, -0.2) is 42.0 Å². The van der Waals surface area contributed by atoms with Crippen LogP contribution < -0.4 is 10.6 Å². The Kier molecular flexibility index (Phi) is 9.71. The van der Waals surface area contributed by atoms with Crippen molar-refractivity contribution in [3.63, 3.8) is 0 Å². The van der Waals surface area contributed by atoms with E-state index in [0.29, 0.717) is 25.9 Å². The molecule has 2 unspecified atom stereocenters. The van der Waals surface area contributed by atoms with Gasteiger partial charge in [-0.05, 0) is 51.9 Å². The molecule has 3 N–H and O–H groups in total. The Morgan fingerprint density at radius 2 is 2.07 bits per heavy atom. The summed E-state index contributed by atoms with van der Waals surface area (Å²) >= 11 is 0. The Morgan fingerprint density at radius 3 is 2.64 bits per heavy atom. The molecule has 0 aromatic rings. The van der Waals surface area contributed by atoms with Gasteiger partial charge in [-0.2, -0.15) is 5.26 Å². The molecule has 0 bridgehead atoms. The number of nitriles is 1. The number of allylic oxidation sites excluding steroid dienone is 3. The first-order valence-corrected chi connectivity index (χ1v) is 10.1. The van der Waals surface area contributed by atoms with Crippen LogP contribution in [-0.2, 0) is 4.74 Å². The van der Waals surface area contributed by atoms with Crippen molar-refractivity contribution in [3.8, 4) is 6.07 Å². The van der Waals surface area contributed by atoms with Crippen LogP contribution in [0.2, 0.25) is 0 Å². The second kappa shape index (κ2) is 11.2. The van der Waals surface area contributed by atoms with Crippen molar-refractivity contribution >= 4 is 6.09 Å². The monoisotopic (exact) mass is 391 g/mol. The summed E-state index contributed by atoms with van der Waals surface area (Å²) in [5.74, 6) is 0. The van der Waals surface area contributed by atoms with E-state index in [4.69, 9.17) is 10.00 Å². The van der Waals surface area contributed by atoms with Gasteiger partial charge < -0.3 is 20.5 Å². The maximum atomic E-state index is 12.2. The summed E-state index contributed by atoms with van der Waals surface area (Å²) < 4.78 is 5.36. The number of hydrogen-bond acceptors (Lipinski definition) is 5. The smallest absolute Gasteiger partial charge is 0.407 e. The van der Waals surface area contributed by atoms with E-state index in [-0.39, 0.29) is 5.41 Å². The van der Waals surface area contributed by atoms with Gasteiger partial charge in [0.25, 0.3) is 0 Å².